The van der Waals surface area contributed by atoms with Gasteiger partial charge in [0.05, 0.1) is 0 Å². The highest BCUT2D eigenvalue weighted by molar-refractivity contribution is 5.59. The first kappa shape index (κ1) is 12.4. The van der Waals surface area contributed by atoms with E-state index in [-0.39, 0.29) is 5.92 Å². The van der Waals surface area contributed by atoms with Crippen LogP contribution < -0.4 is 0 Å². The van der Waals surface area contributed by atoms with Crippen molar-refractivity contribution < 1.29 is 5.11 Å². The highest BCUT2D eigenvalue weighted by atomic mass is 16.3. The van der Waals surface area contributed by atoms with Crippen molar-refractivity contribution in [3.8, 4) is 0 Å². The second kappa shape index (κ2) is 6.06. The summed E-state index contributed by atoms with van der Waals surface area (Å²) in [6, 6.07) is 19.9. The fraction of sp³-hybridized carbons (Fsp3) is 0.176. The van der Waals surface area contributed by atoms with Gasteiger partial charge in [0.15, 0.2) is 0 Å². The Balaban J connectivity index is 2.25. The molecular weight excluding hydrogens is 220 g/mol. The van der Waals surface area contributed by atoms with Gasteiger partial charge in [-0.15, -0.1) is 0 Å². The Morgan fingerprint density at radius 1 is 1.00 bits per heavy atom. The van der Waals surface area contributed by atoms with Gasteiger partial charge >= 0.3 is 0 Å². The van der Waals surface area contributed by atoms with Crippen molar-refractivity contribution in [3.05, 3.63) is 77.9 Å². The molecule has 0 saturated carbocycles. The van der Waals surface area contributed by atoms with Gasteiger partial charge < -0.3 is 5.11 Å². The van der Waals surface area contributed by atoms with Crippen LogP contribution in [0.1, 0.15) is 30.4 Å². The number of aliphatic hydroxyl groups excluding tert-OH is 1. The van der Waals surface area contributed by atoms with Crippen LogP contribution >= 0.6 is 0 Å². The Bertz CT molecular complexity index is 500. The molecule has 0 amide bonds. The molecule has 2 aromatic rings. The molecule has 0 aliphatic heterocycles. The lowest BCUT2D eigenvalue weighted by Crippen LogP contribution is -1.95. The molecule has 2 rings (SSSR count). The van der Waals surface area contributed by atoms with Gasteiger partial charge in [0.1, 0.15) is 5.76 Å². The second-order valence-electron chi connectivity index (χ2n) is 4.34. The van der Waals surface area contributed by atoms with Crippen molar-refractivity contribution >= 4 is 5.76 Å². The average Bonchev–Trinajstić information content (AvgIpc) is 2.46. The third kappa shape index (κ3) is 3.01. The Kier molecular flexibility index (Phi) is 4.19. The Morgan fingerprint density at radius 3 is 2.11 bits per heavy atom. The van der Waals surface area contributed by atoms with Gasteiger partial charge in [-0.2, -0.15) is 0 Å². The predicted molar refractivity (Wildman–Crippen MR) is 76.5 cm³/mol. The van der Waals surface area contributed by atoms with Gasteiger partial charge in [0, 0.05) is 11.5 Å². The summed E-state index contributed by atoms with van der Waals surface area (Å²) < 4.78 is 0. The van der Waals surface area contributed by atoms with Crippen molar-refractivity contribution in [1.82, 2.24) is 0 Å². The third-order valence-corrected chi connectivity index (χ3v) is 3.10. The van der Waals surface area contributed by atoms with E-state index in [1.54, 1.807) is 0 Å². The summed E-state index contributed by atoms with van der Waals surface area (Å²) in [5.74, 6) is 0.609. The summed E-state index contributed by atoms with van der Waals surface area (Å²) in [6.07, 6.45) is 2.91. The number of hydrogen-bond acceptors (Lipinski definition) is 1. The number of aliphatic hydroxyl groups is 1. The van der Waals surface area contributed by atoms with Crippen LogP contribution in [0.2, 0.25) is 0 Å². The van der Waals surface area contributed by atoms with E-state index in [4.69, 9.17) is 0 Å². The van der Waals surface area contributed by atoms with Crippen LogP contribution in [0.5, 0.6) is 0 Å². The lowest BCUT2D eigenvalue weighted by atomic mass is 9.95. The van der Waals surface area contributed by atoms with Crippen LogP contribution in [0.3, 0.4) is 0 Å². The van der Waals surface area contributed by atoms with E-state index in [1.165, 1.54) is 5.56 Å². The molecule has 0 spiro atoms. The molecule has 18 heavy (non-hydrogen) atoms. The Hall–Kier alpha value is -2.02. The number of benzene rings is 2. The molecule has 0 heterocycles. The maximum atomic E-state index is 10.1. The van der Waals surface area contributed by atoms with E-state index in [0.717, 1.165) is 12.0 Å². The molecule has 92 valence electrons. The van der Waals surface area contributed by atoms with Crippen molar-refractivity contribution in [3.63, 3.8) is 0 Å². The zero-order valence-corrected chi connectivity index (χ0v) is 10.6. The molecule has 2 aromatic carbocycles. The summed E-state index contributed by atoms with van der Waals surface area (Å²) in [5, 5.41) is 10.1. The van der Waals surface area contributed by atoms with E-state index in [0.29, 0.717) is 5.76 Å². The van der Waals surface area contributed by atoms with Gasteiger partial charge in [-0.3, -0.25) is 0 Å². The van der Waals surface area contributed by atoms with Crippen LogP contribution in [0.25, 0.3) is 5.76 Å². The van der Waals surface area contributed by atoms with Gasteiger partial charge in [-0.25, -0.2) is 0 Å². The van der Waals surface area contributed by atoms with E-state index < -0.39 is 0 Å². The molecule has 1 heteroatoms. The van der Waals surface area contributed by atoms with Crippen molar-refractivity contribution in [2.24, 2.45) is 0 Å². The van der Waals surface area contributed by atoms with Gasteiger partial charge in [0.2, 0.25) is 0 Å². The minimum Gasteiger partial charge on any atom is -0.508 e. The topological polar surface area (TPSA) is 20.2 Å². The Labute approximate surface area is 108 Å². The molecule has 0 fully saturated rings. The molecule has 0 radical (unpaired) electrons. The third-order valence-electron chi connectivity index (χ3n) is 3.10. The summed E-state index contributed by atoms with van der Waals surface area (Å²) in [6.45, 7) is 2.13. The van der Waals surface area contributed by atoms with Crippen LogP contribution in [0.4, 0.5) is 0 Å². The second-order valence-corrected chi connectivity index (χ2v) is 4.34. The standard InChI is InChI=1S/C17H18O/c1-2-14(15-9-5-3-6-10-15)13-17(18)16-11-7-4-8-12-16/h3-14,18H,2H2,1H3/b17-13+/t14-/m0/s1. The van der Waals surface area contributed by atoms with Crippen LogP contribution in [0, 0.1) is 0 Å². The first-order valence-corrected chi connectivity index (χ1v) is 6.32. The van der Waals surface area contributed by atoms with E-state index in [9.17, 15) is 5.11 Å². The fourth-order valence-corrected chi connectivity index (χ4v) is 2.05. The molecule has 0 saturated heterocycles. The predicted octanol–water partition coefficient (Wildman–Crippen LogP) is 4.78. The highest BCUT2D eigenvalue weighted by Gasteiger charge is 2.08. The van der Waals surface area contributed by atoms with E-state index in [1.807, 2.05) is 54.6 Å². The highest BCUT2D eigenvalue weighted by Crippen LogP contribution is 2.24. The minimum absolute atomic E-state index is 0.256. The summed E-state index contributed by atoms with van der Waals surface area (Å²) in [7, 11) is 0. The normalized spacial score (nSPS) is 13.3. The number of rotatable bonds is 4. The number of hydrogen-bond donors (Lipinski definition) is 1. The van der Waals surface area contributed by atoms with E-state index in [2.05, 4.69) is 19.1 Å². The molecule has 0 unspecified atom stereocenters. The monoisotopic (exact) mass is 238 g/mol. The van der Waals surface area contributed by atoms with Crippen molar-refractivity contribution in [2.45, 2.75) is 19.3 Å². The van der Waals surface area contributed by atoms with Gasteiger partial charge in [-0.1, -0.05) is 67.6 Å². The number of allylic oxidation sites excluding steroid dienone is 1. The van der Waals surface area contributed by atoms with Crippen molar-refractivity contribution in [1.29, 1.82) is 0 Å². The largest absolute Gasteiger partial charge is 0.508 e. The van der Waals surface area contributed by atoms with Gasteiger partial charge in [0.25, 0.3) is 0 Å². The fourth-order valence-electron chi connectivity index (χ4n) is 2.05. The quantitative estimate of drug-likeness (QED) is 0.760. The summed E-state index contributed by atoms with van der Waals surface area (Å²) >= 11 is 0. The first-order chi connectivity index (χ1) is 8.81. The Morgan fingerprint density at radius 2 is 1.56 bits per heavy atom. The zero-order chi connectivity index (χ0) is 12.8. The molecule has 1 atom stereocenters. The molecule has 0 aromatic heterocycles. The summed E-state index contributed by atoms with van der Waals surface area (Å²) in [4.78, 5) is 0. The smallest absolute Gasteiger partial charge is 0.119 e. The van der Waals surface area contributed by atoms with Crippen LogP contribution in [-0.4, -0.2) is 5.11 Å². The molecule has 0 bridgehead atoms. The average molecular weight is 238 g/mol. The van der Waals surface area contributed by atoms with Crippen LogP contribution in [0.15, 0.2) is 66.7 Å². The van der Waals surface area contributed by atoms with E-state index >= 15 is 0 Å². The maximum Gasteiger partial charge on any atom is 0.119 e. The molecular formula is C17H18O. The van der Waals surface area contributed by atoms with Gasteiger partial charge in [-0.05, 0) is 18.1 Å². The maximum absolute atomic E-state index is 10.1. The molecule has 0 aliphatic carbocycles. The molecule has 1 nitrogen and oxygen atoms in total. The zero-order valence-electron chi connectivity index (χ0n) is 10.6. The minimum atomic E-state index is 0.256. The van der Waals surface area contributed by atoms with Crippen molar-refractivity contribution in [2.75, 3.05) is 0 Å². The summed E-state index contributed by atoms with van der Waals surface area (Å²) in [5.41, 5.74) is 2.11. The van der Waals surface area contributed by atoms with Crippen LogP contribution in [-0.2, 0) is 0 Å². The first-order valence-electron chi connectivity index (χ1n) is 6.32. The molecule has 0 aliphatic rings. The lowest BCUT2D eigenvalue weighted by molar-refractivity contribution is 0.506. The molecule has 1 N–H and O–H groups in total. The SMILES string of the molecule is CC[C@@H](/C=C(/O)c1ccccc1)c1ccccc1. The lowest BCUT2D eigenvalue weighted by Gasteiger charge is -2.11.